The maximum absolute atomic E-state index is 10.5. The van der Waals surface area contributed by atoms with Gasteiger partial charge >= 0.3 is 0 Å². The first-order valence-electron chi connectivity index (χ1n) is 11.0. The quantitative estimate of drug-likeness (QED) is 0.557. The molecule has 10 heteroatoms. The lowest BCUT2D eigenvalue weighted by Gasteiger charge is -2.28. The molecule has 4 atom stereocenters. The molecule has 164 valence electrons. The molecule has 3 aliphatic rings. The van der Waals surface area contributed by atoms with Gasteiger partial charge in [0.1, 0.15) is 18.3 Å². The summed E-state index contributed by atoms with van der Waals surface area (Å²) in [6.45, 7) is 1.48. The molecule has 1 saturated carbocycles. The molecule has 2 saturated heterocycles. The highest BCUT2D eigenvalue weighted by Crippen LogP contribution is 2.34. The van der Waals surface area contributed by atoms with E-state index >= 15 is 0 Å². The Morgan fingerprint density at radius 2 is 1.80 bits per heavy atom. The Kier molecular flexibility index (Phi) is 5.48. The van der Waals surface area contributed by atoms with Crippen molar-refractivity contribution in [2.75, 3.05) is 29.9 Å². The molecule has 0 unspecified atom stereocenters. The number of aliphatic hydroxyl groups excluding tert-OH is 3. The van der Waals surface area contributed by atoms with Gasteiger partial charge in [0.2, 0.25) is 5.95 Å². The fourth-order valence-corrected chi connectivity index (χ4v) is 4.84. The second-order valence-corrected chi connectivity index (χ2v) is 8.60. The van der Waals surface area contributed by atoms with Crippen molar-refractivity contribution in [3.8, 4) is 0 Å². The average molecular weight is 418 g/mol. The Hall–Kier alpha value is -2.01. The summed E-state index contributed by atoms with van der Waals surface area (Å²) < 4.78 is 7.37. The van der Waals surface area contributed by atoms with E-state index in [1.165, 1.54) is 19.3 Å². The summed E-state index contributed by atoms with van der Waals surface area (Å²) in [7, 11) is 0. The number of anilines is 2. The lowest BCUT2D eigenvalue weighted by Crippen LogP contribution is -2.33. The first-order valence-corrected chi connectivity index (χ1v) is 11.0. The molecule has 0 radical (unpaired) electrons. The molecule has 1 aliphatic carbocycles. The van der Waals surface area contributed by atoms with Crippen LogP contribution in [0, 0.1) is 0 Å². The minimum atomic E-state index is -1.18. The number of ether oxygens (including phenoxy) is 1. The van der Waals surface area contributed by atoms with Crippen LogP contribution in [0.1, 0.15) is 51.2 Å². The summed E-state index contributed by atoms with van der Waals surface area (Å²) in [5.41, 5.74) is 1.22. The monoisotopic (exact) mass is 418 g/mol. The second-order valence-electron chi connectivity index (χ2n) is 8.60. The number of imidazole rings is 1. The van der Waals surface area contributed by atoms with Gasteiger partial charge in [-0.05, 0) is 32.1 Å². The van der Waals surface area contributed by atoms with Crippen LogP contribution in [0.15, 0.2) is 6.33 Å². The van der Waals surface area contributed by atoms with Crippen molar-refractivity contribution in [3.05, 3.63) is 6.33 Å². The molecule has 5 rings (SSSR count). The Morgan fingerprint density at radius 1 is 1.03 bits per heavy atom. The van der Waals surface area contributed by atoms with Gasteiger partial charge in [-0.1, -0.05) is 12.8 Å². The van der Waals surface area contributed by atoms with Gasteiger partial charge in [-0.3, -0.25) is 4.57 Å². The van der Waals surface area contributed by atoms with Gasteiger partial charge < -0.3 is 30.3 Å². The number of aliphatic hydroxyl groups is 3. The minimum Gasteiger partial charge on any atom is -0.394 e. The molecule has 0 bridgehead atoms. The molecular weight excluding hydrogens is 388 g/mol. The lowest BCUT2D eigenvalue weighted by molar-refractivity contribution is -0.0511. The summed E-state index contributed by atoms with van der Waals surface area (Å²) >= 11 is 0. The summed E-state index contributed by atoms with van der Waals surface area (Å²) in [6.07, 6.45) is 5.59. The average Bonchev–Trinajstić information content (AvgIpc) is 3.49. The topological polar surface area (TPSA) is 129 Å². The lowest BCUT2D eigenvalue weighted by atomic mass is 10.1. The van der Waals surface area contributed by atoms with Crippen LogP contribution < -0.4 is 10.2 Å². The van der Waals surface area contributed by atoms with E-state index in [1.54, 1.807) is 10.9 Å². The smallest absolute Gasteiger partial charge is 0.227 e. The van der Waals surface area contributed by atoms with E-state index in [9.17, 15) is 15.3 Å². The number of piperidine rings is 1. The number of nitrogens with zero attached hydrogens (tertiary/aromatic N) is 5. The number of hydrogen-bond acceptors (Lipinski definition) is 9. The molecule has 2 aromatic heterocycles. The molecule has 0 aromatic carbocycles. The largest absolute Gasteiger partial charge is 0.394 e. The van der Waals surface area contributed by atoms with E-state index in [0.29, 0.717) is 23.2 Å². The molecule has 0 amide bonds. The van der Waals surface area contributed by atoms with E-state index < -0.39 is 24.5 Å². The van der Waals surface area contributed by atoms with E-state index in [1.807, 2.05) is 0 Å². The summed E-state index contributed by atoms with van der Waals surface area (Å²) in [6, 6.07) is 0.363. The first kappa shape index (κ1) is 19.9. The van der Waals surface area contributed by atoms with Crippen molar-refractivity contribution in [3.63, 3.8) is 0 Å². The van der Waals surface area contributed by atoms with Gasteiger partial charge in [0.25, 0.3) is 0 Å². The van der Waals surface area contributed by atoms with Crippen LogP contribution in [0.5, 0.6) is 0 Å². The maximum atomic E-state index is 10.5. The Morgan fingerprint density at radius 3 is 2.50 bits per heavy atom. The van der Waals surface area contributed by atoms with Crippen LogP contribution in [-0.4, -0.2) is 78.9 Å². The SMILES string of the molecule is OC[C@H]1O[C@@H](n2cnc3c(N4CCCCC4)nc(NC4CCCC4)nc32)[C@H](O)[C@@H]1O. The summed E-state index contributed by atoms with van der Waals surface area (Å²) in [5.74, 6) is 1.36. The molecule has 2 aliphatic heterocycles. The third kappa shape index (κ3) is 3.51. The molecule has 2 aromatic rings. The van der Waals surface area contributed by atoms with Crippen molar-refractivity contribution >= 4 is 22.9 Å². The van der Waals surface area contributed by atoms with Crippen LogP contribution >= 0.6 is 0 Å². The van der Waals surface area contributed by atoms with Gasteiger partial charge in [0.05, 0.1) is 12.9 Å². The third-order valence-electron chi connectivity index (χ3n) is 6.54. The third-order valence-corrected chi connectivity index (χ3v) is 6.54. The zero-order valence-electron chi connectivity index (χ0n) is 17.0. The van der Waals surface area contributed by atoms with Gasteiger partial charge in [0.15, 0.2) is 23.2 Å². The first-order chi connectivity index (χ1) is 14.7. The number of hydrogen-bond donors (Lipinski definition) is 4. The van der Waals surface area contributed by atoms with Crippen LogP contribution in [0.4, 0.5) is 11.8 Å². The number of fused-ring (bicyclic) bond motifs is 1. The molecule has 4 heterocycles. The number of nitrogens with one attached hydrogen (secondary N) is 1. The predicted molar refractivity (Wildman–Crippen MR) is 110 cm³/mol. The number of aromatic nitrogens is 4. The fourth-order valence-electron chi connectivity index (χ4n) is 4.84. The molecule has 4 N–H and O–H groups in total. The molecule has 10 nitrogen and oxygen atoms in total. The van der Waals surface area contributed by atoms with Crippen molar-refractivity contribution in [2.24, 2.45) is 0 Å². The van der Waals surface area contributed by atoms with Crippen LogP contribution in [-0.2, 0) is 4.74 Å². The van der Waals surface area contributed by atoms with Crippen LogP contribution in [0.25, 0.3) is 11.2 Å². The van der Waals surface area contributed by atoms with Crippen molar-refractivity contribution in [1.29, 1.82) is 0 Å². The minimum absolute atomic E-state index is 0.363. The maximum Gasteiger partial charge on any atom is 0.227 e. The van der Waals surface area contributed by atoms with Crippen molar-refractivity contribution in [2.45, 2.75) is 75.5 Å². The normalized spacial score (nSPS) is 30.4. The Bertz CT molecular complexity index is 880. The molecular formula is C20H30N6O4. The van der Waals surface area contributed by atoms with E-state index in [-0.39, 0.29) is 6.61 Å². The number of rotatable bonds is 5. The Balaban J connectivity index is 1.55. The Labute approximate surface area is 174 Å². The molecule has 0 spiro atoms. The van der Waals surface area contributed by atoms with Crippen LogP contribution in [0.2, 0.25) is 0 Å². The zero-order chi connectivity index (χ0) is 20.7. The van der Waals surface area contributed by atoms with Crippen molar-refractivity contribution in [1.82, 2.24) is 19.5 Å². The van der Waals surface area contributed by atoms with Gasteiger partial charge in [-0.2, -0.15) is 9.97 Å². The second kappa shape index (κ2) is 8.26. The van der Waals surface area contributed by atoms with Crippen molar-refractivity contribution < 1.29 is 20.1 Å². The highest BCUT2D eigenvalue weighted by Gasteiger charge is 2.44. The molecule has 30 heavy (non-hydrogen) atoms. The standard InChI is InChI=1S/C20H30N6O4/c27-10-13-15(28)16(29)19(30-13)26-11-21-14-17(25-8-4-1-5-9-25)23-20(24-18(14)26)22-12-6-2-3-7-12/h11-13,15-16,19,27-29H,1-10H2,(H,22,23,24)/t13-,15-,16-,19-/m1/s1. The summed E-state index contributed by atoms with van der Waals surface area (Å²) in [5, 5.41) is 33.6. The summed E-state index contributed by atoms with van der Waals surface area (Å²) in [4.78, 5) is 16.4. The van der Waals surface area contributed by atoms with Gasteiger partial charge in [0, 0.05) is 19.1 Å². The molecule has 3 fully saturated rings. The van der Waals surface area contributed by atoms with E-state index in [0.717, 1.165) is 44.6 Å². The van der Waals surface area contributed by atoms with E-state index in [4.69, 9.17) is 14.7 Å². The predicted octanol–water partition coefficient (Wildman–Crippen LogP) is 0.783. The zero-order valence-corrected chi connectivity index (χ0v) is 17.0. The van der Waals surface area contributed by atoms with E-state index in [2.05, 4.69) is 15.2 Å². The highest BCUT2D eigenvalue weighted by molar-refractivity contribution is 5.85. The highest BCUT2D eigenvalue weighted by atomic mass is 16.6. The fraction of sp³-hybridized carbons (Fsp3) is 0.750. The van der Waals surface area contributed by atoms with Gasteiger partial charge in [-0.15, -0.1) is 0 Å². The van der Waals surface area contributed by atoms with Crippen LogP contribution in [0.3, 0.4) is 0 Å². The van der Waals surface area contributed by atoms with Gasteiger partial charge in [-0.25, -0.2) is 4.98 Å².